The average Bonchev–Trinajstić information content (AvgIpc) is 2.90. The molecule has 0 aliphatic carbocycles. The van der Waals surface area contributed by atoms with Gasteiger partial charge in [-0.1, -0.05) is 24.3 Å². The maximum atomic E-state index is 11.8. The van der Waals surface area contributed by atoms with Crippen LogP contribution in [0.4, 0.5) is 0 Å². The molecule has 0 aromatic heterocycles. The summed E-state index contributed by atoms with van der Waals surface area (Å²) in [6.07, 6.45) is 2.64. The molecule has 1 heterocycles. The standard InChI is InChI=1S/C16H23N3O4S/c1-24(22,23)18-9-8-15(20)17-11-13-5-2-3-6-14(13)12-19-10-4-7-16(19)21/h2-3,5-6,18H,4,7-12H2,1H3,(H,17,20). The SMILES string of the molecule is CS(=O)(=O)NCCC(=O)NCc1ccccc1CN1CCCC1=O. The van der Waals surface area contributed by atoms with Gasteiger partial charge in [-0.3, -0.25) is 9.59 Å². The van der Waals surface area contributed by atoms with Crippen molar-refractivity contribution in [2.45, 2.75) is 32.4 Å². The van der Waals surface area contributed by atoms with Crippen molar-refractivity contribution in [1.82, 2.24) is 14.9 Å². The maximum absolute atomic E-state index is 11.8. The van der Waals surface area contributed by atoms with E-state index in [2.05, 4.69) is 10.0 Å². The van der Waals surface area contributed by atoms with Crippen LogP contribution in [-0.4, -0.2) is 44.5 Å². The highest BCUT2D eigenvalue weighted by Gasteiger charge is 2.20. The van der Waals surface area contributed by atoms with Crippen molar-refractivity contribution >= 4 is 21.8 Å². The van der Waals surface area contributed by atoms with E-state index in [0.29, 0.717) is 19.5 Å². The van der Waals surface area contributed by atoms with E-state index in [9.17, 15) is 18.0 Å². The Morgan fingerprint density at radius 1 is 1.25 bits per heavy atom. The lowest BCUT2D eigenvalue weighted by atomic mass is 10.1. The minimum Gasteiger partial charge on any atom is -0.352 e. The molecular formula is C16H23N3O4S. The molecule has 24 heavy (non-hydrogen) atoms. The van der Waals surface area contributed by atoms with Crippen LogP contribution in [-0.2, 0) is 32.7 Å². The molecule has 1 aromatic carbocycles. The zero-order valence-electron chi connectivity index (χ0n) is 13.7. The van der Waals surface area contributed by atoms with Gasteiger partial charge >= 0.3 is 0 Å². The van der Waals surface area contributed by atoms with Crippen LogP contribution in [0.2, 0.25) is 0 Å². The molecule has 132 valence electrons. The number of hydrogen-bond acceptors (Lipinski definition) is 4. The monoisotopic (exact) mass is 353 g/mol. The van der Waals surface area contributed by atoms with Gasteiger partial charge in [-0.15, -0.1) is 0 Å². The molecule has 1 aromatic rings. The number of rotatable bonds is 8. The van der Waals surface area contributed by atoms with E-state index in [1.165, 1.54) is 0 Å². The maximum Gasteiger partial charge on any atom is 0.222 e. The van der Waals surface area contributed by atoms with Gasteiger partial charge in [-0.05, 0) is 17.5 Å². The van der Waals surface area contributed by atoms with E-state index in [0.717, 1.165) is 30.3 Å². The molecular weight excluding hydrogens is 330 g/mol. The van der Waals surface area contributed by atoms with Crippen LogP contribution in [0.25, 0.3) is 0 Å². The topological polar surface area (TPSA) is 95.6 Å². The van der Waals surface area contributed by atoms with Gasteiger partial charge < -0.3 is 10.2 Å². The van der Waals surface area contributed by atoms with Crippen LogP contribution >= 0.6 is 0 Å². The third kappa shape index (κ3) is 5.93. The summed E-state index contributed by atoms with van der Waals surface area (Å²) in [6.45, 7) is 1.77. The Bertz CT molecular complexity index is 703. The van der Waals surface area contributed by atoms with Crippen molar-refractivity contribution < 1.29 is 18.0 Å². The minimum atomic E-state index is -3.28. The first-order valence-electron chi connectivity index (χ1n) is 7.91. The van der Waals surface area contributed by atoms with E-state index in [1.54, 1.807) is 0 Å². The van der Waals surface area contributed by atoms with Gasteiger partial charge in [-0.2, -0.15) is 0 Å². The summed E-state index contributed by atoms with van der Waals surface area (Å²) in [6, 6.07) is 7.68. The molecule has 1 aliphatic heterocycles. The third-order valence-electron chi connectivity index (χ3n) is 3.84. The van der Waals surface area contributed by atoms with Gasteiger partial charge in [-0.25, -0.2) is 13.1 Å². The van der Waals surface area contributed by atoms with Crippen molar-refractivity contribution in [2.24, 2.45) is 0 Å². The average molecular weight is 353 g/mol. The van der Waals surface area contributed by atoms with Crippen molar-refractivity contribution in [1.29, 1.82) is 0 Å². The van der Waals surface area contributed by atoms with E-state index < -0.39 is 10.0 Å². The minimum absolute atomic E-state index is 0.0780. The zero-order valence-corrected chi connectivity index (χ0v) is 14.6. The lowest BCUT2D eigenvalue weighted by Crippen LogP contribution is -2.30. The van der Waals surface area contributed by atoms with Gasteiger partial charge in [0.15, 0.2) is 0 Å². The Morgan fingerprint density at radius 2 is 1.96 bits per heavy atom. The normalized spacial score (nSPS) is 14.9. The molecule has 0 spiro atoms. The quantitative estimate of drug-likeness (QED) is 0.706. The van der Waals surface area contributed by atoms with Gasteiger partial charge in [0.1, 0.15) is 0 Å². The highest BCUT2D eigenvalue weighted by Crippen LogP contribution is 2.17. The molecule has 1 fully saturated rings. The fourth-order valence-electron chi connectivity index (χ4n) is 2.59. The number of hydrogen-bond donors (Lipinski definition) is 2. The lowest BCUT2D eigenvalue weighted by Gasteiger charge is -2.18. The number of benzene rings is 1. The fourth-order valence-corrected chi connectivity index (χ4v) is 3.07. The molecule has 2 rings (SSSR count). The second kappa shape index (κ2) is 8.25. The number of sulfonamides is 1. The predicted molar refractivity (Wildman–Crippen MR) is 90.4 cm³/mol. The van der Waals surface area contributed by atoms with Gasteiger partial charge in [0.2, 0.25) is 21.8 Å². The Hall–Kier alpha value is -1.93. The van der Waals surface area contributed by atoms with Gasteiger partial charge in [0.05, 0.1) is 6.26 Å². The van der Waals surface area contributed by atoms with Crippen LogP contribution in [0.5, 0.6) is 0 Å². The second-order valence-electron chi connectivity index (χ2n) is 5.88. The summed E-state index contributed by atoms with van der Waals surface area (Å²) in [7, 11) is -3.28. The number of carbonyl (C=O) groups is 2. The van der Waals surface area contributed by atoms with Crippen LogP contribution in [0.3, 0.4) is 0 Å². The fraction of sp³-hybridized carbons (Fsp3) is 0.500. The molecule has 7 nitrogen and oxygen atoms in total. The molecule has 2 N–H and O–H groups in total. The molecule has 0 radical (unpaired) electrons. The van der Waals surface area contributed by atoms with E-state index >= 15 is 0 Å². The largest absolute Gasteiger partial charge is 0.352 e. The van der Waals surface area contributed by atoms with Crippen LogP contribution in [0, 0.1) is 0 Å². The zero-order chi connectivity index (χ0) is 17.6. The first-order valence-corrected chi connectivity index (χ1v) is 9.80. The van der Waals surface area contributed by atoms with Crippen LogP contribution in [0.15, 0.2) is 24.3 Å². The Morgan fingerprint density at radius 3 is 2.58 bits per heavy atom. The number of nitrogens with one attached hydrogen (secondary N) is 2. The molecule has 0 unspecified atom stereocenters. The first-order chi connectivity index (χ1) is 11.3. The number of likely N-dealkylation sites (tertiary alicyclic amines) is 1. The van der Waals surface area contributed by atoms with Crippen molar-refractivity contribution in [2.75, 3.05) is 19.3 Å². The summed E-state index contributed by atoms with van der Waals surface area (Å²) < 4.78 is 24.2. The van der Waals surface area contributed by atoms with Gasteiger partial charge in [0.25, 0.3) is 0 Å². The Kier molecular flexibility index (Phi) is 6.33. The van der Waals surface area contributed by atoms with Crippen LogP contribution in [0.1, 0.15) is 30.4 Å². The predicted octanol–water partition coefficient (Wildman–Crippen LogP) is 0.365. The molecule has 0 saturated carbocycles. The summed E-state index contributed by atoms with van der Waals surface area (Å²) in [5, 5.41) is 2.78. The summed E-state index contributed by atoms with van der Waals surface area (Å²) in [4.78, 5) is 25.4. The Labute approximate surface area is 142 Å². The molecule has 8 heteroatoms. The first kappa shape index (κ1) is 18.4. The highest BCUT2D eigenvalue weighted by molar-refractivity contribution is 7.88. The van der Waals surface area contributed by atoms with Gasteiger partial charge in [0, 0.05) is 39.0 Å². The number of carbonyl (C=O) groups excluding carboxylic acids is 2. The number of nitrogens with zero attached hydrogens (tertiary/aromatic N) is 1. The smallest absolute Gasteiger partial charge is 0.222 e. The molecule has 2 amide bonds. The lowest BCUT2D eigenvalue weighted by molar-refractivity contribution is -0.128. The number of amides is 2. The van der Waals surface area contributed by atoms with Crippen molar-refractivity contribution in [3.63, 3.8) is 0 Å². The molecule has 1 saturated heterocycles. The third-order valence-corrected chi connectivity index (χ3v) is 4.57. The van der Waals surface area contributed by atoms with E-state index in [4.69, 9.17) is 0 Å². The summed E-state index contributed by atoms with van der Waals surface area (Å²) in [5.41, 5.74) is 1.98. The second-order valence-corrected chi connectivity index (χ2v) is 7.71. The van der Waals surface area contributed by atoms with Crippen LogP contribution < -0.4 is 10.0 Å². The molecule has 1 aliphatic rings. The van der Waals surface area contributed by atoms with Crippen molar-refractivity contribution in [3.8, 4) is 0 Å². The molecule has 0 bridgehead atoms. The van der Waals surface area contributed by atoms with E-state index in [-0.39, 0.29) is 24.8 Å². The summed E-state index contributed by atoms with van der Waals surface area (Å²) in [5.74, 6) is -0.0566. The van der Waals surface area contributed by atoms with Crippen molar-refractivity contribution in [3.05, 3.63) is 35.4 Å². The Balaban J connectivity index is 1.86. The highest BCUT2D eigenvalue weighted by atomic mass is 32.2. The van der Waals surface area contributed by atoms with E-state index in [1.807, 2.05) is 29.2 Å². The molecule has 0 atom stereocenters. The summed E-state index contributed by atoms with van der Waals surface area (Å²) >= 11 is 0.